The number of nitrogens with one attached hydrogen (secondary N) is 1. The minimum Gasteiger partial charge on any atom is -0.469 e. The van der Waals surface area contributed by atoms with Crippen LogP contribution in [-0.4, -0.2) is 15.0 Å². The van der Waals surface area contributed by atoms with E-state index in [2.05, 4.69) is 21.7 Å². The monoisotopic (exact) mass is 232 g/mol. The molecule has 3 rings (SSSR count). The highest BCUT2D eigenvalue weighted by atomic mass is 16.3. The van der Waals surface area contributed by atoms with E-state index in [0.29, 0.717) is 6.04 Å². The minimum atomic E-state index is 0.388. The van der Waals surface area contributed by atoms with Gasteiger partial charge in [-0.3, -0.25) is 4.68 Å². The highest BCUT2D eigenvalue weighted by molar-refractivity contribution is 5.24. The molecular weight excluding hydrogens is 216 g/mol. The lowest BCUT2D eigenvalue weighted by molar-refractivity contribution is 0.409. The molecule has 0 spiro atoms. The van der Waals surface area contributed by atoms with Gasteiger partial charge in [0.2, 0.25) is 0 Å². The highest BCUT2D eigenvalue weighted by Crippen LogP contribution is 2.30. The van der Waals surface area contributed by atoms with Crippen LogP contribution in [0.5, 0.6) is 0 Å². The van der Waals surface area contributed by atoms with Gasteiger partial charge in [-0.2, -0.15) is 0 Å². The first kappa shape index (κ1) is 10.5. The third-order valence-electron chi connectivity index (χ3n) is 3.23. The van der Waals surface area contributed by atoms with Crippen LogP contribution in [0.15, 0.2) is 22.9 Å². The second-order valence-electron chi connectivity index (χ2n) is 4.51. The molecule has 1 N–H and O–H groups in total. The standard InChI is InChI=1S/C12H16N4O/c1-16-8-9(14-15-16)7-13-11-3-2-4-12-10(11)5-6-17-12/h5-6,8,11,13H,2-4,7H2,1H3. The maximum Gasteiger partial charge on any atom is 0.108 e. The molecule has 1 aliphatic rings. The van der Waals surface area contributed by atoms with Crippen molar-refractivity contribution in [1.29, 1.82) is 0 Å². The Morgan fingerprint density at radius 1 is 1.59 bits per heavy atom. The van der Waals surface area contributed by atoms with Gasteiger partial charge in [0.15, 0.2) is 0 Å². The van der Waals surface area contributed by atoms with E-state index in [1.165, 1.54) is 12.0 Å². The molecule has 0 bridgehead atoms. The van der Waals surface area contributed by atoms with E-state index in [4.69, 9.17) is 4.42 Å². The summed E-state index contributed by atoms with van der Waals surface area (Å²) in [6.45, 7) is 0.753. The van der Waals surface area contributed by atoms with Crippen molar-refractivity contribution in [2.24, 2.45) is 7.05 Å². The van der Waals surface area contributed by atoms with E-state index in [1.807, 2.05) is 13.2 Å². The number of nitrogens with zero attached hydrogens (tertiary/aromatic N) is 3. The van der Waals surface area contributed by atoms with Crippen LogP contribution in [0.25, 0.3) is 0 Å². The van der Waals surface area contributed by atoms with Crippen LogP contribution in [0.3, 0.4) is 0 Å². The fourth-order valence-corrected chi connectivity index (χ4v) is 2.40. The molecule has 5 nitrogen and oxygen atoms in total. The van der Waals surface area contributed by atoms with E-state index in [9.17, 15) is 0 Å². The topological polar surface area (TPSA) is 55.9 Å². The van der Waals surface area contributed by atoms with E-state index in [0.717, 1.165) is 30.8 Å². The average Bonchev–Trinajstić information content (AvgIpc) is 2.94. The van der Waals surface area contributed by atoms with Gasteiger partial charge in [-0.1, -0.05) is 5.21 Å². The van der Waals surface area contributed by atoms with Crippen molar-refractivity contribution in [2.75, 3.05) is 0 Å². The summed E-state index contributed by atoms with van der Waals surface area (Å²) in [7, 11) is 1.88. The number of furan rings is 1. The molecule has 1 aliphatic carbocycles. The van der Waals surface area contributed by atoms with Gasteiger partial charge in [0.1, 0.15) is 5.76 Å². The van der Waals surface area contributed by atoms with Crippen LogP contribution < -0.4 is 5.32 Å². The molecule has 2 aromatic rings. The minimum absolute atomic E-state index is 0.388. The number of aromatic nitrogens is 3. The predicted octanol–water partition coefficient (Wildman–Crippen LogP) is 1.58. The van der Waals surface area contributed by atoms with E-state index < -0.39 is 0 Å². The van der Waals surface area contributed by atoms with E-state index >= 15 is 0 Å². The molecule has 90 valence electrons. The Morgan fingerprint density at radius 3 is 3.35 bits per heavy atom. The maximum absolute atomic E-state index is 5.47. The number of fused-ring (bicyclic) bond motifs is 1. The summed E-state index contributed by atoms with van der Waals surface area (Å²) in [4.78, 5) is 0. The fraction of sp³-hybridized carbons (Fsp3) is 0.500. The average molecular weight is 232 g/mol. The second-order valence-corrected chi connectivity index (χ2v) is 4.51. The summed E-state index contributed by atoms with van der Waals surface area (Å²) in [5.74, 6) is 1.13. The van der Waals surface area contributed by atoms with Crippen molar-refractivity contribution in [1.82, 2.24) is 20.3 Å². The Hall–Kier alpha value is -1.62. The van der Waals surface area contributed by atoms with Crippen molar-refractivity contribution in [3.8, 4) is 0 Å². The molecule has 1 atom stereocenters. The van der Waals surface area contributed by atoms with Crippen molar-refractivity contribution in [3.63, 3.8) is 0 Å². The van der Waals surface area contributed by atoms with Gasteiger partial charge in [0.25, 0.3) is 0 Å². The van der Waals surface area contributed by atoms with Gasteiger partial charge in [0, 0.05) is 37.8 Å². The van der Waals surface area contributed by atoms with Gasteiger partial charge >= 0.3 is 0 Å². The van der Waals surface area contributed by atoms with Crippen molar-refractivity contribution in [3.05, 3.63) is 35.5 Å². The summed E-state index contributed by atoms with van der Waals surface area (Å²) >= 11 is 0. The molecule has 5 heteroatoms. The molecule has 0 radical (unpaired) electrons. The molecule has 0 fully saturated rings. The Balaban J connectivity index is 1.67. The molecule has 0 saturated heterocycles. The van der Waals surface area contributed by atoms with Crippen molar-refractivity contribution in [2.45, 2.75) is 31.8 Å². The molecule has 0 saturated carbocycles. The van der Waals surface area contributed by atoms with Crippen molar-refractivity contribution >= 4 is 0 Å². The first-order chi connectivity index (χ1) is 8.33. The van der Waals surface area contributed by atoms with Crippen molar-refractivity contribution < 1.29 is 4.42 Å². The molecule has 2 heterocycles. The van der Waals surface area contributed by atoms with Gasteiger partial charge in [-0.05, 0) is 18.9 Å². The number of hydrogen-bond donors (Lipinski definition) is 1. The summed E-state index contributed by atoms with van der Waals surface area (Å²) in [5.41, 5.74) is 2.28. The lowest BCUT2D eigenvalue weighted by atomic mass is 9.93. The predicted molar refractivity (Wildman–Crippen MR) is 62.2 cm³/mol. The Morgan fingerprint density at radius 2 is 2.53 bits per heavy atom. The van der Waals surface area contributed by atoms with Crippen LogP contribution in [0, 0.1) is 0 Å². The molecular formula is C12H16N4O. The van der Waals surface area contributed by atoms with Gasteiger partial charge in [-0.25, -0.2) is 0 Å². The molecule has 0 aromatic carbocycles. The normalized spacial score (nSPS) is 19.2. The Bertz CT molecular complexity index is 502. The number of rotatable bonds is 3. The largest absolute Gasteiger partial charge is 0.469 e. The second kappa shape index (κ2) is 4.33. The zero-order valence-corrected chi connectivity index (χ0v) is 9.89. The molecule has 0 amide bonds. The quantitative estimate of drug-likeness (QED) is 0.872. The van der Waals surface area contributed by atoms with Gasteiger partial charge in [0.05, 0.1) is 12.0 Å². The fourth-order valence-electron chi connectivity index (χ4n) is 2.40. The number of hydrogen-bond acceptors (Lipinski definition) is 4. The van der Waals surface area contributed by atoms with E-state index in [1.54, 1.807) is 10.9 Å². The van der Waals surface area contributed by atoms with Crippen LogP contribution in [0.2, 0.25) is 0 Å². The zero-order valence-electron chi connectivity index (χ0n) is 9.89. The summed E-state index contributed by atoms with van der Waals surface area (Å²) in [5, 5.41) is 11.5. The third-order valence-corrected chi connectivity index (χ3v) is 3.23. The molecule has 17 heavy (non-hydrogen) atoms. The van der Waals surface area contributed by atoms with Crippen LogP contribution in [0.1, 0.15) is 35.9 Å². The molecule has 1 unspecified atom stereocenters. The third kappa shape index (κ3) is 2.10. The van der Waals surface area contributed by atoms with Gasteiger partial charge < -0.3 is 9.73 Å². The van der Waals surface area contributed by atoms with Crippen LogP contribution in [0.4, 0.5) is 0 Å². The lowest BCUT2D eigenvalue weighted by Gasteiger charge is -2.22. The summed E-state index contributed by atoms with van der Waals surface area (Å²) in [6.07, 6.45) is 7.12. The van der Waals surface area contributed by atoms with Crippen LogP contribution >= 0.6 is 0 Å². The lowest BCUT2D eigenvalue weighted by Crippen LogP contribution is -2.24. The summed E-state index contributed by atoms with van der Waals surface area (Å²) in [6, 6.07) is 2.46. The highest BCUT2D eigenvalue weighted by Gasteiger charge is 2.22. The smallest absolute Gasteiger partial charge is 0.108 e. The van der Waals surface area contributed by atoms with Crippen LogP contribution in [-0.2, 0) is 20.0 Å². The summed E-state index contributed by atoms with van der Waals surface area (Å²) < 4.78 is 7.19. The first-order valence-electron chi connectivity index (χ1n) is 5.98. The molecule has 2 aromatic heterocycles. The Labute approximate surface area is 99.8 Å². The van der Waals surface area contributed by atoms with Gasteiger partial charge in [-0.15, -0.1) is 5.10 Å². The van der Waals surface area contributed by atoms with E-state index in [-0.39, 0.29) is 0 Å². The number of aryl methyl sites for hydroxylation is 2. The first-order valence-corrected chi connectivity index (χ1v) is 5.98. The Kier molecular flexibility index (Phi) is 2.68. The SMILES string of the molecule is Cn1cc(CNC2CCCc3occc32)nn1. The zero-order chi connectivity index (χ0) is 11.7. The molecule has 0 aliphatic heterocycles. The maximum atomic E-state index is 5.47.